The van der Waals surface area contributed by atoms with Crippen molar-refractivity contribution >= 4 is 27.6 Å². The van der Waals surface area contributed by atoms with Gasteiger partial charge in [0.2, 0.25) is 11.9 Å². The SMILES string of the molecule is Cc1ccc(C)c(OCCCC(=O)Nc2ccc(S(=O)(=O)Nc3ncccn3)cc2)c1. The van der Waals surface area contributed by atoms with E-state index in [1.165, 1.54) is 36.7 Å². The second-order valence-electron chi connectivity index (χ2n) is 6.97. The van der Waals surface area contributed by atoms with Crippen molar-refractivity contribution in [3.8, 4) is 5.75 Å². The van der Waals surface area contributed by atoms with Gasteiger partial charge in [0.05, 0.1) is 11.5 Å². The number of hydrogen-bond acceptors (Lipinski definition) is 6. The maximum Gasteiger partial charge on any atom is 0.264 e. The molecule has 0 aliphatic rings. The number of nitrogens with zero attached hydrogens (tertiary/aromatic N) is 2. The average molecular weight is 441 g/mol. The van der Waals surface area contributed by atoms with Crippen LogP contribution in [0.3, 0.4) is 0 Å². The van der Waals surface area contributed by atoms with E-state index in [0.29, 0.717) is 18.7 Å². The number of sulfonamides is 1. The predicted octanol–water partition coefficient (Wildman–Crippen LogP) is 3.69. The average Bonchev–Trinajstić information content (AvgIpc) is 2.74. The van der Waals surface area contributed by atoms with Crippen LogP contribution in [-0.4, -0.2) is 30.9 Å². The molecule has 0 radical (unpaired) electrons. The molecule has 8 nitrogen and oxygen atoms in total. The summed E-state index contributed by atoms with van der Waals surface area (Å²) in [5.41, 5.74) is 2.68. The Balaban J connectivity index is 1.48. The number of aryl methyl sites for hydroxylation is 2. The number of aromatic nitrogens is 2. The molecule has 0 saturated heterocycles. The molecule has 2 N–H and O–H groups in total. The molecule has 3 aromatic rings. The number of ether oxygens (including phenoxy) is 1. The molecule has 1 aromatic heterocycles. The molecule has 1 heterocycles. The van der Waals surface area contributed by atoms with Crippen LogP contribution in [0.5, 0.6) is 5.75 Å². The topological polar surface area (TPSA) is 110 Å². The van der Waals surface area contributed by atoms with E-state index < -0.39 is 10.0 Å². The molecule has 0 saturated carbocycles. The minimum Gasteiger partial charge on any atom is -0.493 e. The molecule has 2 aromatic carbocycles. The molecular weight excluding hydrogens is 416 g/mol. The van der Waals surface area contributed by atoms with Crippen LogP contribution in [0.25, 0.3) is 0 Å². The number of nitrogens with one attached hydrogen (secondary N) is 2. The van der Waals surface area contributed by atoms with Gasteiger partial charge in [0.15, 0.2) is 0 Å². The van der Waals surface area contributed by atoms with Gasteiger partial charge < -0.3 is 10.1 Å². The monoisotopic (exact) mass is 440 g/mol. The minimum absolute atomic E-state index is 0.0112. The van der Waals surface area contributed by atoms with Gasteiger partial charge in [0, 0.05) is 24.5 Å². The van der Waals surface area contributed by atoms with Crippen LogP contribution in [0.1, 0.15) is 24.0 Å². The van der Waals surface area contributed by atoms with Crippen LogP contribution >= 0.6 is 0 Å². The molecule has 0 aliphatic heterocycles. The van der Waals surface area contributed by atoms with E-state index in [0.717, 1.165) is 16.9 Å². The Kier molecular flexibility index (Phi) is 7.19. The van der Waals surface area contributed by atoms with Crippen LogP contribution in [0.4, 0.5) is 11.6 Å². The molecule has 0 atom stereocenters. The van der Waals surface area contributed by atoms with Gasteiger partial charge in [-0.25, -0.2) is 23.1 Å². The van der Waals surface area contributed by atoms with E-state index in [4.69, 9.17) is 4.74 Å². The Morgan fingerprint density at radius 3 is 2.45 bits per heavy atom. The first-order valence-corrected chi connectivity index (χ1v) is 11.2. The quantitative estimate of drug-likeness (QED) is 0.491. The van der Waals surface area contributed by atoms with E-state index in [-0.39, 0.29) is 23.2 Å². The second kappa shape index (κ2) is 10.0. The maximum absolute atomic E-state index is 12.4. The fraction of sp³-hybridized carbons (Fsp3) is 0.227. The molecule has 0 fully saturated rings. The Bertz CT molecular complexity index is 1130. The Labute approximate surface area is 181 Å². The molecular formula is C22H24N4O4S. The number of rotatable bonds is 9. The zero-order valence-corrected chi connectivity index (χ0v) is 18.1. The Morgan fingerprint density at radius 1 is 1.03 bits per heavy atom. The molecule has 0 bridgehead atoms. The van der Waals surface area contributed by atoms with E-state index in [1.807, 2.05) is 32.0 Å². The minimum atomic E-state index is -3.81. The lowest BCUT2D eigenvalue weighted by molar-refractivity contribution is -0.116. The molecule has 31 heavy (non-hydrogen) atoms. The number of carbonyl (C=O) groups is 1. The standard InChI is InChI=1S/C22H24N4O4S/c1-16-6-7-17(2)20(15-16)30-14-3-5-21(27)25-18-8-10-19(11-9-18)31(28,29)26-22-23-12-4-13-24-22/h4,6-13,15H,3,5,14H2,1-2H3,(H,25,27)(H,23,24,26). The smallest absolute Gasteiger partial charge is 0.264 e. The number of carbonyl (C=O) groups excluding carboxylic acids is 1. The summed E-state index contributed by atoms with van der Waals surface area (Å²) in [6.07, 6.45) is 3.73. The van der Waals surface area contributed by atoms with Crippen molar-refractivity contribution in [2.24, 2.45) is 0 Å². The zero-order valence-electron chi connectivity index (χ0n) is 17.3. The van der Waals surface area contributed by atoms with Gasteiger partial charge in [-0.3, -0.25) is 4.79 Å². The first kappa shape index (κ1) is 22.2. The Hall–Kier alpha value is -3.46. The summed E-state index contributed by atoms with van der Waals surface area (Å²) in [5, 5.41) is 2.76. The van der Waals surface area contributed by atoms with Gasteiger partial charge >= 0.3 is 0 Å². The van der Waals surface area contributed by atoms with Crippen molar-refractivity contribution in [3.05, 3.63) is 72.1 Å². The fourth-order valence-electron chi connectivity index (χ4n) is 2.75. The lowest BCUT2D eigenvalue weighted by Gasteiger charge is -2.10. The van der Waals surface area contributed by atoms with E-state index in [2.05, 4.69) is 20.0 Å². The molecule has 162 valence electrons. The fourth-order valence-corrected chi connectivity index (χ4v) is 3.71. The molecule has 1 amide bonds. The number of amides is 1. The van der Waals surface area contributed by atoms with Crippen LogP contribution < -0.4 is 14.8 Å². The third-order valence-corrected chi connectivity index (χ3v) is 5.73. The number of hydrogen-bond donors (Lipinski definition) is 2. The summed E-state index contributed by atoms with van der Waals surface area (Å²) in [4.78, 5) is 19.9. The van der Waals surface area contributed by atoms with Gasteiger partial charge in [0.1, 0.15) is 5.75 Å². The summed E-state index contributed by atoms with van der Waals surface area (Å²) in [5.74, 6) is 0.644. The van der Waals surface area contributed by atoms with Gasteiger partial charge in [-0.1, -0.05) is 12.1 Å². The van der Waals surface area contributed by atoms with E-state index >= 15 is 0 Å². The van der Waals surface area contributed by atoms with Crippen molar-refractivity contribution in [1.29, 1.82) is 0 Å². The van der Waals surface area contributed by atoms with E-state index in [9.17, 15) is 13.2 Å². The largest absolute Gasteiger partial charge is 0.493 e. The molecule has 0 aliphatic carbocycles. The lowest BCUT2D eigenvalue weighted by Crippen LogP contribution is -2.15. The predicted molar refractivity (Wildman–Crippen MR) is 119 cm³/mol. The van der Waals surface area contributed by atoms with Crippen LogP contribution in [0.2, 0.25) is 0 Å². The van der Waals surface area contributed by atoms with Crippen molar-refractivity contribution in [2.75, 3.05) is 16.6 Å². The molecule has 0 unspecified atom stereocenters. The summed E-state index contributed by atoms with van der Waals surface area (Å²) in [6, 6.07) is 13.5. The van der Waals surface area contributed by atoms with Gasteiger partial charge in [0.25, 0.3) is 10.0 Å². The summed E-state index contributed by atoms with van der Waals surface area (Å²) < 4.78 is 32.8. The van der Waals surface area contributed by atoms with Crippen molar-refractivity contribution < 1.29 is 17.9 Å². The van der Waals surface area contributed by atoms with Gasteiger partial charge in [-0.15, -0.1) is 0 Å². The second-order valence-corrected chi connectivity index (χ2v) is 8.65. The highest BCUT2D eigenvalue weighted by molar-refractivity contribution is 7.92. The first-order chi connectivity index (χ1) is 14.8. The van der Waals surface area contributed by atoms with Crippen molar-refractivity contribution in [2.45, 2.75) is 31.6 Å². The maximum atomic E-state index is 12.4. The lowest BCUT2D eigenvalue weighted by atomic mass is 10.1. The summed E-state index contributed by atoms with van der Waals surface area (Å²) in [6.45, 7) is 4.41. The van der Waals surface area contributed by atoms with Gasteiger partial charge in [-0.2, -0.15) is 0 Å². The zero-order chi connectivity index (χ0) is 22.3. The van der Waals surface area contributed by atoms with Gasteiger partial charge in [-0.05, 0) is 67.8 Å². The van der Waals surface area contributed by atoms with Crippen LogP contribution in [0, 0.1) is 13.8 Å². The molecule has 9 heteroatoms. The van der Waals surface area contributed by atoms with E-state index in [1.54, 1.807) is 6.07 Å². The van der Waals surface area contributed by atoms with Crippen molar-refractivity contribution in [3.63, 3.8) is 0 Å². The first-order valence-electron chi connectivity index (χ1n) is 9.73. The number of anilines is 2. The van der Waals surface area contributed by atoms with Crippen LogP contribution in [-0.2, 0) is 14.8 Å². The van der Waals surface area contributed by atoms with Crippen LogP contribution in [0.15, 0.2) is 65.8 Å². The summed E-state index contributed by atoms with van der Waals surface area (Å²) in [7, 11) is -3.81. The molecule has 3 rings (SSSR count). The molecule has 0 spiro atoms. The summed E-state index contributed by atoms with van der Waals surface area (Å²) >= 11 is 0. The Morgan fingerprint density at radius 2 is 1.74 bits per heavy atom. The third kappa shape index (κ3) is 6.51. The highest BCUT2D eigenvalue weighted by Crippen LogP contribution is 2.20. The normalized spacial score (nSPS) is 11.0. The number of benzene rings is 2. The highest BCUT2D eigenvalue weighted by atomic mass is 32.2. The van der Waals surface area contributed by atoms with Crippen molar-refractivity contribution in [1.82, 2.24) is 9.97 Å². The highest BCUT2D eigenvalue weighted by Gasteiger charge is 2.15. The third-order valence-electron chi connectivity index (χ3n) is 4.39.